The average molecular weight is 470 g/mol. The van der Waals surface area contributed by atoms with Gasteiger partial charge in [-0.05, 0) is 29.3 Å². The molecule has 0 unspecified atom stereocenters. The Morgan fingerprint density at radius 3 is 2.54 bits per heavy atom. The van der Waals surface area contributed by atoms with E-state index in [1.165, 1.54) is 0 Å². The monoisotopic (exact) mass is 468 g/mol. The number of hydrogen-bond acceptors (Lipinski definition) is 4. The van der Waals surface area contributed by atoms with E-state index in [-0.39, 0.29) is 13.0 Å². The zero-order chi connectivity index (χ0) is 20.5. The first-order chi connectivity index (χ1) is 13.3. The fourth-order valence-corrected chi connectivity index (χ4v) is 2.89. The third-order valence-corrected chi connectivity index (χ3v) is 4.68. The van der Waals surface area contributed by atoms with Crippen molar-refractivity contribution in [2.45, 2.75) is 19.1 Å². The number of carboxylic acid groups (broad SMARTS) is 1. The van der Waals surface area contributed by atoms with Crippen LogP contribution >= 0.6 is 27.5 Å². The molecule has 0 heterocycles. The van der Waals surface area contributed by atoms with E-state index in [4.69, 9.17) is 16.3 Å². The molecular weight excluding hydrogens is 452 g/mol. The Hall–Kier alpha value is -2.58. The maximum absolute atomic E-state index is 12.0. The number of carbonyl (C=O) groups is 3. The molecule has 2 rings (SSSR count). The Morgan fingerprint density at radius 1 is 1.14 bits per heavy atom. The predicted molar refractivity (Wildman–Crippen MR) is 107 cm³/mol. The van der Waals surface area contributed by atoms with Gasteiger partial charge in [-0.3, -0.25) is 4.79 Å². The molecule has 7 nitrogen and oxygen atoms in total. The second-order valence-corrected chi connectivity index (χ2v) is 7.10. The normalized spacial score (nSPS) is 11.4. The fourth-order valence-electron chi connectivity index (χ4n) is 2.29. The van der Waals surface area contributed by atoms with E-state index in [2.05, 4.69) is 26.6 Å². The summed E-state index contributed by atoms with van der Waals surface area (Å²) in [6, 6.07) is 12.9. The van der Waals surface area contributed by atoms with Gasteiger partial charge in [0.1, 0.15) is 19.2 Å². The lowest BCUT2D eigenvalue weighted by molar-refractivity contribution is -0.141. The van der Waals surface area contributed by atoms with Crippen molar-refractivity contribution in [2.24, 2.45) is 0 Å². The van der Waals surface area contributed by atoms with Crippen LogP contribution < -0.4 is 10.6 Å². The van der Waals surface area contributed by atoms with Crippen molar-refractivity contribution in [3.63, 3.8) is 0 Å². The number of nitrogens with one attached hydrogen (secondary N) is 2. The van der Waals surface area contributed by atoms with Crippen LogP contribution in [0.2, 0.25) is 5.02 Å². The van der Waals surface area contributed by atoms with Gasteiger partial charge in [-0.15, -0.1) is 0 Å². The number of rotatable bonds is 8. The van der Waals surface area contributed by atoms with Crippen molar-refractivity contribution in [2.75, 3.05) is 6.54 Å². The first-order valence-electron chi connectivity index (χ1n) is 8.26. The molecule has 28 heavy (non-hydrogen) atoms. The number of amides is 2. The Balaban J connectivity index is 1.82. The largest absolute Gasteiger partial charge is 0.480 e. The quantitative estimate of drug-likeness (QED) is 0.551. The summed E-state index contributed by atoms with van der Waals surface area (Å²) in [7, 11) is 0. The molecule has 2 amide bonds. The highest BCUT2D eigenvalue weighted by molar-refractivity contribution is 9.10. The van der Waals surface area contributed by atoms with Crippen molar-refractivity contribution in [3.8, 4) is 0 Å². The maximum atomic E-state index is 12.0. The third kappa shape index (κ3) is 7.21. The van der Waals surface area contributed by atoms with E-state index in [0.717, 1.165) is 5.56 Å². The van der Waals surface area contributed by atoms with Crippen LogP contribution in [-0.2, 0) is 27.4 Å². The molecule has 0 aliphatic carbocycles. The molecule has 0 fully saturated rings. The van der Waals surface area contributed by atoms with Crippen LogP contribution in [0.15, 0.2) is 53.0 Å². The lowest BCUT2D eigenvalue weighted by Crippen LogP contribution is -2.46. The van der Waals surface area contributed by atoms with Crippen molar-refractivity contribution in [3.05, 3.63) is 69.2 Å². The number of ether oxygens (including phenoxy) is 1. The van der Waals surface area contributed by atoms with Gasteiger partial charge in [-0.25, -0.2) is 9.59 Å². The fraction of sp³-hybridized carbons (Fsp3) is 0.211. The number of alkyl carbamates (subject to hydrolysis) is 1. The number of hydrogen-bond donors (Lipinski definition) is 3. The smallest absolute Gasteiger partial charge is 0.407 e. The van der Waals surface area contributed by atoms with Gasteiger partial charge < -0.3 is 20.5 Å². The van der Waals surface area contributed by atoms with E-state index < -0.39 is 30.6 Å². The van der Waals surface area contributed by atoms with Gasteiger partial charge in [-0.2, -0.15) is 0 Å². The standard InChI is InChI=1S/C19H18BrClN2O5/c20-15-7-6-14(21)8-13(15)9-16(18(25)26)23-17(24)10-22-19(27)28-11-12-4-2-1-3-5-12/h1-8,16H,9-11H2,(H,22,27)(H,23,24)(H,25,26)/t16-/m1/s1. The summed E-state index contributed by atoms with van der Waals surface area (Å²) < 4.78 is 5.67. The summed E-state index contributed by atoms with van der Waals surface area (Å²) in [4.78, 5) is 35.1. The molecule has 0 aromatic heterocycles. The van der Waals surface area contributed by atoms with Crippen LogP contribution in [0.3, 0.4) is 0 Å². The van der Waals surface area contributed by atoms with Gasteiger partial charge in [0, 0.05) is 15.9 Å². The van der Waals surface area contributed by atoms with Crippen LogP contribution in [0.4, 0.5) is 4.79 Å². The van der Waals surface area contributed by atoms with E-state index >= 15 is 0 Å². The molecule has 2 aromatic carbocycles. The second kappa shape index (κ2) is 10.7. The lowest BCUT2D eigenvalue weighted by atomic mass is 10.1. The average Bonchev–Trinajstić information content (AvgIpc) is 2.67. The number of aliphatic carboxylic acids is 1. The molecule has 148 valence electrons. The summed E-state index contributed by atoms with van der Waals surface area (Å²) in [5.41, 5.74) is 1.44. The number of carbonyl (C=O) groups excluding carboxylic acids is 2. The van der Waals surface area contributed by atoms with E-state index in [9.17, 15) is 19.5 Å². The first kappa shape index (κ1) is 21.7. The summed E-state index contributed by atoms with van der Waals surface area (Å²) in [5, 5.41) is 14.5. The minimum absolute atomic E-state index is 0.0284. The molecule has 0 radical (unpaired) electrons. The Morgan fingerprint density at radius 2 is 1.86 bits per heavy atom. The molecule has 9 heteroatoms. The molecule has 0 saturated carbocycles. The number of carboxylic acids is 1. The van der Waals surface area contributed by atoms with Crippen molar-refractivity contribution in [1.82, 2.24) is 10.6 Å². The number of halogens is 2. The highest BCUT2D eigenvalue weighted by atomic mass is 79.9. The molecule has 1 atom stereocenters. The summed E-state index contributed by atoms with van der Waals surface area (Å²) in [5.74, 6) is -1.85. The third-order valence-electron chi connectivity index (χ3n) is 3.67. The highest BCUT2D eigenvalue weighted by Gasteiger charge is 2.22. The van der Waals surface area contributed by atoms with Crippen molar-refractivity contribution >= 4 is 45.5 Å². The minimum Gasteiger partial charge on any atom is -0.480 e. The highest BCUT2D eigenvalue weighted by Crippen LogP contribution is 2.22. The van der Waals surface area contributed by atoms with Crippen LogP contribution in [-0.4, -0.2) is 35.7 Å². The topological polar surface area (TPSA) is 105 Å². The molecule has 0 saturated heterocycles. The van der Waals surface area contributed by atoms with E-state index in [0.29, 0.717) is 15.1 Å². The molecule has 0 spiro atoms. The van der Waals surface area contributed by atoms with Gasteiger partial charge in [-0.1, -0.05) is 57.9 Å². The van der Waals surface area contributed by atoms with Crippen molar-refractivity contribution in [1.29, 1.82) is 0 Å². The Labute approximate surface area is 175 Å². The van der Waals surface area contributed by atoms with Crippen LogP contribution in [0.5, 0.6) is 0 Å². The summed E-state index contributed by atoms with van der Waals surface area (Å²) in [6.45, 7) is -0.344. The van der Waals surface area contributed by atoms with Gasteiger partial charge >= 0.3 is 12.1 Å². The van der Waals surface area contributed by atoms with Crippen molar-refractivity contribution < 1.29 is 24.2 Å². The van der Waals surface area contributed by atoms with Crippen LogP contribution in [0.1, 0.15) is 11.1 Å². The Bertz CT molecular complexity index is 847. The molecule has 2 aromatic rings. The zero-order valence-electron chi connectivity index (χ0n) is 14.7. The lowest BCUT2D eigenvalue weighted by Gasteiger charge is -2.16. The molecule has 3 N–H and O–H groups in total. The minimum atomic E-state index is -1.20. The van der Waals surface area contributed by atoms with Gasteiger partial charge in [0.2, 0.25) is 5.91 Å². The van der Waals surface area contributed by atoms with E-state index in [1.54, 1.807) is 30.3 Å². The predicted octanol–water partition coefficient (Wildman–Crippen LogP) is 3.14. The van der Waals surface area contributed by atoms with Crippen LogP contribution in [0, 0.1) is 0 Å². The molecule has 0 aliphatic heterocycles. The SMILES string of the molecule is O=C(CNC(=O)OCc1ccccc1)N[C@H](Cc1cc(Cl)ccc1Br)C(=O)O. The summed E-state index contributed by atoms with van der Waals surface area (Å²) >= 11 is 9.25. The number of benzene rings is 2. The van der Waals surface area contributed by atoms with Gasteiger partial charge in [0.05, 0.1) is 0 Å². The van der Waals surface area contributed by atoms with Gasteiger partial charge in [0.15, 0.2) is 0 Å². The maximum Gasteiger partial charge on any atom is 0.407 e. The second-order valence-electron chi connectivity index (χ2n) is 5.81. The van der Waals surface area contributed by atoms with E-state index in [1.807, 2.05) is 18.2 Å². The molecule has 0 aliphatic rings. The molecular formula is C19H18BrClN2O5. The first-order valence-corrected chi connectivity index (χ1v) is 9.43. The Kier molecular flexibility index (Phi) is 8.28. The zero-order valence-corrected chi connectivity index (χ0v) is 17.0. The molecule has 0 bridgehead atoms. The van der Waals surface area contributed by atoms with Gasteiger partial charge in [0.25, 0.3) is 0 Å². The summed E-state index contributed by atoms with van der Waals surface area (Å²) in [6.07, 6.45) is -0.746. The van der Waals surface area contributed by atoms with Crippen LogP contribution in [0.25, 0.3) is 0 Å².